The van der Waals surface area contributed by atoms with E-state index in [4.69, 9.17) is 4.74 Å². The van der Waals surface area contributed by atoms with Crippen LogP contribution in [-0.2, 0) is 0 Å². The predicted molar refractivity (Wildman–Crippen MR) is 86.0 cm³/mol. The maximum Gasteiger partial charge on any atom is 0.251 e. The number of ether oxygens (including phenoxy) is 1. The first-order valence-electron chi connectivity index (χ1n) is 8.16. The molecule has 3 aliphatic rings. The summed E-state index contributed by atoms with van der Waals surface area (Å²) < 4.78 is 5.60. The molecule has 4 rings (SSSR count). The molecule has 116 valence electrons. The van der Waals surface area contributed by atoms with Gasteiger partial charge in [0.25, 0.3) is 5.91 Å². The summed E-state index contributed by atoms with van der Waals surface area (Å²) in [7, 11) is 0. The topological polar surface area (TPSA) is 41.6 Å². The maximum atomic E-state index is 12.5. The molecule has 0 aliphatic carbocycles. The summed E-state index contributed by atoms with van der Waals surface area (Å²) in [6.07, 6.45) is 4.46. The van der Waals surface area contributed by atoms with E-state index in [0.717, 1.165) is 35.8 Å². The fourth-order valence-corrected chi connectivity index (χ4v) is 3.90. The van der Waals surface area contributed by atoms with Gasteiger partial charge in [0, 0.05) is 30.3 Å². The average Bonchev–Trinajstić information content (AvgIpc) is 2.86. The van der Waals surface area contributed by atoms with Gasteiger partial charge in [-0.3, -0.25) is 4.79 Å². The average molecular weight is 298 g/mol. The first kappa shape index (κ1) is 13.8. The van der Waals surface area contributed by atoms with Crippen molar-refractivity contribution in [3.8, 4) is 5.75 Å². The number of nitrogens with zero attached hydrogens (tertiary/aromatic N) is 1. The van der Waals surface area contributed by atoms with E-state index in [1.807, 2.05) is 18.2 Å². The number of carbonyl (C=O) groups excluding carboxylic acids is 1. The highest BCUT2D eigenvalue weighted by atomic mass is 16.5. The largest absolute Gasteiger partial charge is 0.489 e. The molecule has 1 N–H and O–H groups in total. The summed E-state index contributed by atoms with van der Waals surface area (Å²) in [4.78, 5) is 15.0. The number of carbonyl (C=O) groups is 1. The highest BCUT2D eigenvalue weighted by Gasteiger charge is 2.33. The van der Waals surface area contributed by atoms with E-state index in [2.05, 4.69) is 23.2 Å². The van der Waals surface area contributed by atoms with Crippen LogP contribution in [0.25, 0.3) is 5.57 Å². The van der Waals surface area contributed by atoms with Gasteiger partial charge in [0.15, 0.2) is 0 Å². The van der Waals surface area contributed by atoms with Gasteiger partial charge in [-0.1, -0.05) is 0 Å². The molecule has 4 nitrogen and oxygen atoms in total. The molecule has 0 spiro atoms. The Morgan fingerprint density at radius 2 is 2.27 bits per heavy atom. The number of hydrogen-bond donors (Lipinski definition) is 1. The summed E-state index contributed by atoms with van der Waals surface area (Å²) in [5.74, 6) is 1.67. The van der Waals surface area contributed by atoms with Crippen molar-refractivity contribution in [2.45, 2.75) is 25.8 Å². The second kappa shape index (κ2) is 5.43. The molecule has 0 saturated carbocycles. The molecule has 2 bridgehead atoms. The molecule has 2 saturated heterocycles. The Kier molecular flexibility index (Phi) is 3.41. The number of piperidine rings is 1. The molecule has 0 radical (unpaired) electrons. The van der Waals surface area contributed by atoms with E-state index >= 15 is 0 Å². The highest BCUT2D eigenvalue weighted by molar-refractivity contribution is 5.95. The first-order valence-corrected chi connectivity index (χ1v) is 8.16. The van der Waals surface area contributed by atoms with Crippen molar-refractivity contribution < 1.29 is 9.53 Å². The smallest absolute Gasteiger partial charge is 0.251 e. The van der Waals surface area contributed by atoms with Crippen LogP contribution in [0.4, 0.5) is 0 Å². The fourth-order valence-electron chi connectivity index (χ4n) is 3.90. The van der Waals surface area contributed by atoms with E-state index in [9.17, 15) is 4.79 Å². The molecule has 3 aliphatic heterocycles. The van der Waals surface area contributed by atoms with Crippen LogP contribution in [0.1, 0.15) is 35.7 Å². The van der Waals surface area contributed by atoms with Crippen LogP contribution in [0.2, 0.25) is 0 Å². The van der Waals surface area contributed by atoms with Crippen LogP contribution in [0.3, 0.4) is 0 Å². The van der Waals surface area contributed by atoms with Gasteiger partial charge in [-0.25, -0.2) is 0 Å². The van der Waals surface area contributed by atoms with Crippen molar-refractivity contribution in [3.05, 3.63) is 35.4 Å². The van der Waals surface area contributed by atoms with Crippen LogP contribution in [0.5, 0.6) is 5.75 Å². The van der Waals surface area contributed by atoms with Crippen molar-refractivity contribution in [2.24, 2.45) is 5.92 Å². The lowest BCUT2D eigenvalue weighted by Gasteiger charge is -2.30. The second-order valence-corrected chi connectivity index (χ2v) is 6.73. The molecular formula is C18H22N2O2. The van der Waals surface area contributed by atoms with Crippen LogP contribution in [-0.4, -0.2) is 43.1 Å². The summed E-state index contributed by atoms with van der Waals surface area (Å²) in [5, 5.41) is 3.22. The minimum absolute atomic E-state index is 0.0358. The molecule has 1 amide bonds. The minimum atomic E-state index is 0.0358. The Hall–Kier alpha value is -1.81. The molecule has 2 fully saturated rings. The van der Waals surface area contributed by atoms with Gasteiger partial charge < -0.3 is 15.0 Å². The van der Waals surface area contributed by atoms with E-state index in [-0.39, 0.29) is 11.9 Å². The number of hydrogen-bond acceptors (Lipinski definition) is 3. The summed E-state index contributed by atoms with van der Waals surface area (Å²) in [5.41, 5.74) is 2.94. The molecule has 4 heteroatoms. The minimum Gasteiger partial charge on any atom is -0.489 e. The number of fused-ring (bicyclic) bond motifs is 3. The zero-order valence-corrected chi connectivity index (χ0v) is 13.0. The molecule has 3 atom stereocenters. The Bertz CT molecular complexity index is 626. The number of rotatable bonds is 2. The lowest BCUT2D eigenvalue weighted by atomic mass is 9.96. The van der Waals surface area contributed by atoms with Gasteiger partial charge in [0.05, 0.1) is 0 Å². The molecule has 1 aromatic rings. The van der Waals surface area contributed by atoms with E-state index in [0.29, 0.717) is 6.61 Å². The molecule has 1 unspecified atom stereocenters. The molecular weight excluding hydrogens is 276 g/mol. The van der Waals surface area contributed by atoms with Crippen molar-refractivity contribution in [1.29, 1.82) is 0 Å². The van der Waals surface area contributed by atoms with Crippen LogP contribution in [0, 0.1) is 5.92 Å². The van der Waals surface area contributed by atoms with Gasteiger partial charge in [-0.15, -0.1) is 0 Å². The van der Waals surface area contributed by atoms with Crippen molar-refractivity contribution in [2.75, 3.05) is 26.2 Å². The SMILES string of the molecule is CC1=CCOc2ccc(C(=O)N[C@@H]3C[C@H]4CCN(C4)C3)cc21. The third kappa shape index (κ3) is 2.52. The van der Waals surface area contributed by atoms with Crippen molar-refractivity contribution in [3.63, 3.8) is 0 Å². The van der Waals surface area contributed by atoms with Crippen LogP contribution >= 0.6 is 0 Å². The van der Waals surface area contributed by atoms with Crippen molar-refractivity contribution >= 4 is 11.5 Å². The van der Waals surface area contributed by atoms with Gasteiger partial charge in [-0.05, 0) is 62.1 Å². The third-order valence-corrected chi connectivity index (χ3v) is 5.10. The normalized spacial score (nSPS) is 29.3. The lowest BCUT2D eigenvalue weighted by Crippen LogP contribution is -2.47. The highest BCUT2D eigenvalue weighted by Crippen LogP contribution is 2.31. The quantitative estimate of drug-likeness (QED) is 0.911. The fraction of sp³-hybridized carbons (Fsp3) is 0.500. The van der Waals surface area contributed by atoms with Gasteiger partial charge in [0.1, 0.15) is 12.4 Å². The van der Waals surface area contributed by atoms with E-state index in [1.165, 1.54) is 25.1 Å². The summed E-state index contributed by atoms with van der Waals surface area (Å²) >= 11 is 0. The number of benzene rings is 1. The van der Waals surface area contributed by atoms with Gasteiger partial charge >= 0.3 is 0 Å². The Labute approximate surface area is 131 Å². The van der Waals surface area contributed by atoms with Crippen LogP contribution in [0.15, 0.2) is 24.3 Å². The van der Waals surface area contributed by atoms with E-state index < -0.39 is 0 Å². The molecule has 22 heavy (non-hydrogen) atoms. The van der Waals surface area contributed by atoms with Gasteiger partial charge in [-0.2, -0.15) is 0 Å². The molecule has 0 aromatic heterocycles. The van der Waals surface area contributed by atoms with Crippen LogP contribution < -0.4 is 10.1 Å². The second-order valence-electron chi connectivity index (χ2n) is 6.73. The Morgan fingerprint density at radius 3 is 3.14 bits per heavy atom. The predicted octanol–water partition coefficient (Wildman–Crippen LogP) is 2.31. The Balaban J connectivity index is 1.49. The maximum absolute atomic E-state index is 12.5. The zero-order chi connectivity index (χ0) is 15.1. The Morgan fingerprint density at radius 1 is 1.36 bits per heavy atom. The molecule has 3 heterocycles. The number of nitrogens with one attached hydrogen (secondary N) is 1. The third-order valence-electron chi connectivity index (χ3n) is 5.10. The monoisotopic (exact) mass is 298 g/mol. The lowest BCUT2D eigenvalue weighted by molar-refractivity contribution is 0.0909. The zero-order valence-electron chi connectivity index (χ0n) is 13.0. The summed E-state index contributed by atoms with van der Waals surface area (Å²) in [6.45, 7) is 6.08. The van der Waals surface area contributed by atoms with E-state index in [1.54, 1.807) is 0 Å². The van der Waals surface area contributed by atoms with Gasteiger partial charge in [0.2, 0.25) is 0 Å². The molecule has 1 aromatic carbocycles. The standard InChI is InChI=1S/C18H22N2O2/c1-12-5-7-22-17-3-2-14(9-16(12)17)18(21)19-15-8-13-4-6-20(10-13)11-15/h2-3,5,9,13,15H,4,6-8,10-11H2,1H3,(H,19,21)/t13-,15-/m1/s1. The van der Waals surface area contributed by atoms with Crippen molar-refractivity contribution in [1.82, 2.24) is 10.2 Å². The summed E-state index contributed by atoms with van der Waals surface area (Å²) in [6, 6.07) is 6.02. The first-order chi connectivity index (χ1) is 10.7. The number of amides is 1. The number of allylic oxidation sites excluding steroid dienone is 1.